The van der Waals surface area contributed by atoms with Gasteiger partial charge >= 0.3 is 6.03 Å². The van der Waals surface area contributed by atoms with E-state index in [0.717, 1.165) is 11.3 Å². The van der Waals surface area contributed by atoms with Gasteiger partial charge in [0.05, 0.1) is 0 Å². The van der Waals surface area contributed by atoms with Gasteiger partial charge in [-0.25, -0.2) is 9.78 Å². The summed E-state index contributed by atoms with van der Waals surface area (Å²) in [5.74, 6) is 0.540. The number of pyridine rings is 1. The fourth-order valence-corrected chi connectivity index (χ4v) is 1.40. The third-order valence-electron chi connectivity index (χ3n) is 2.19. The summed E-state index contributed by atoms with van der Waals surface area (Å²) in [6, 6.07) is 12.7. The molecule has 1 aromatic heterocycles. The Bertz CT molecular complexity index is 512. The van der Waals surface area contributed by atoms with Gasteiger partial charge in [-0.2, -0.15) is 0 Å². The molecular weight excluding hydrogens is 238 g/mol. The fraction of sp³-hybridized carbons (Fsp3) is 0.200. The predicted octanol–water partition coefficient (Wildman–Crippen LogP) is 4.06. The lowest BCUT2D eigenvalue weighted by atomic mass is 10.3. The van der Waals surface area contributed by atoms with Crippen molar-refractivity contribution in [2.24, 2.45) is 0 Å². The number of nitrogens with one attached hydrogen (secondary N) is 2. The standard InChI is InChI=1S/C13H13N3O.C2H6/c1-10-7-8-14-12(9-10)16-13(17)15-11-5-3-2-4-6-11;1-2/h2-9H,1H3,(H2,14,15,16,17);1-2H3. The largest absolute Gasteiger partial charge is 0.324 e. The monoisotopic (exact) mass is 257 g/mol. The van der Waals surface area contributed by atoms with Crippen LogP contribution in [0.1, 0.15) is 19.4 Å². The van der Waals surface area contributed by atoms with E-state index in [0.29, 0.717) is 5.82 Å². The molecule has 2 aromatic rings. The quantitative estimate of drug-likeness (QED) is 0.852. The average Bonchev–Trinajstić information content (AvgIpc) is 2.42. The summed E-state index contributed by atoms with van der Waals surface area (Å²) in [7, 11) is 0. The zero-order valence-electron chi connectivity index (χ0n) is 11.5. The van der Waals surface area contributed by atoms with E-state index in [1.54, 1.807) is 6.20 Å². The number of rotatable bonds is 2. The highest BCUT2D eigenvalue weighted by atomic mass is 16.2. The van der Waals surface area contributed by atoms with E-state index in [9.17, 15) is 4.79 Å². The molecule has 2 amide bonds. The van der Waals surface area contributed by atoms with Crippen LogP contribution in [0, 0.1) is 6.92 Å². The molecule has 1 heterocycles. The van der Waals surface area contributed by atoms with Crippen molar-refractivity contribution in [1.29, 1.82) is 0 Å². The summed E-state index contributed by atoms with van der Waals surface area (Å²) < 4.78 is 0. The molecule has 0 radical (unpaired) electrons. The minimum Gasteiger partial charge on any atom is -0.308 e. The van der Waals surface area contributed by atoms with Gasteiger partial charge in [0.25, 0.3) is 0 Å². The fourth-order valence-electron chi connectivity index (χ4n) is 1.40. The summed E-state index contributed by atoms with van der Waals surface area (Å²) in [6.45, 7) is 5.95. The first kappa shape index (κ1) is 14.7. The van der Waals surface area contributed by atoms with Gasteiger partial charge in [0.1, 0.15) is 5.82 Å². The van der Waals surface area contributed by atoms with Crippen molar-refractivity contribution in [2.45, 2.75) is 20.8 Å². The molecule has 0 fully saturated rings. The molecule has 4 nitrogen and oxygen atoms in total. The van der Waals surface area contributed by atoms with Gasteiger partial charge in [0.15, 0.2) is 0 Å². The smallest absolute Gasteiger partial charge is 0.308 e. The molecule has 0 spiro atoms. The molecular formula is C15H19N3O. The van der Waals surface area contributed by atoms with Crippen molar-refractivity contribution in [3.05, 3.63) is 54.2 Å². The van der Waals surface area contributed by atoms with E-state index < -0.39 is 0 Å². The van der Waals surface area contributed by atoms with Crippen molar-refractivity contribution < 1.29 is 4.79 Å². The summed E-state index contributed by atoms with van der Waals surface area (Å²) in [5, 5.41) is 5.39. The molecule has 0 aliphatic rings. The Balaban J connectivity index is 0.000000861. The van der Waals surface area contributed by atoms with Gasteiger partial charge in [0.2, 0.25) is 0 Å². The maximum absolute atomic E-state index is 11.6. The maximum Gasteiger partial charge on any atom is 0.324 e. The van der Waals surface area contributed by atoms with Crippen molar-refractivity contribution in [3.63, 3.8) is 0 Å². The van der Waals surface area contributed by atoms with Gasteiger partial charge in [0, 0.05) is 11.9 Å². The third-order valence-corrected chi connectivity index (χ3v) is 2.19. The molecule has 19 heavy (non-hydrogen) atoms. The van der Waals surface area contributed by atoms with Crippen LogP contribution in [-0.4, -0.2) is 11.0 Å². The average molecular weight is 257 g/mol. The Morgan fingerprint density at radius 1 is 1.05 bits per heavy atom. The molecule has 0 saturated heterocycles. The van der Waals surface area contributed by atoms with Crippen LogP contribution in [0.4, 0.5) is 16.3 Å². The summed E-state index contributed by atoms with van der Waals surface area (Å²) in [5.41, 5.74) is 1.80. The second-order valence-electron chi connectivity index (χ2n) is 3.66. The van der Waals surface area contributed by atoms with Crippen LogP contribution in [0.3, 0.4) is 0 Å². The predicted molar refractivity (Wildman–Crippen MR) is 79.4 cm³/mol. The lowest BCUT2D eigenvalue weighted by Gasteiger charge is -2.06. The highest BCUT2D eigenvalue weighted by Gasteiger charge is 2.02. The number of aryl methyl sites for hydroxylation is 1. The molecule has 0 bridgehead atoms. The highest BCUT2D eigenvalue weighted by molar-refractivity contribution is 5.99. The van der Waals surface area contributed by atoms with Gasteiger partial charge in [-0.05, 0) is 36.8 Å². The number of hydrogen-bond donors (Lipinski definition) is 2. The minimum atomic E-state index is -0.297. The molecule has 1 aromatic carbocycles. The third kappa shape index (κ3) is 5.21. The molecule has 2 rings (SSSR count). The van der Waals surface area contributed by atoms with Crippen LogP contribution in [0.5, 0.6) is 0 Å². The molecule has 100 valence electrons. The van der Waals surface area contributed by atoms with Crippen molar-refractivity contribution in [3.8, 4) is 0 Å². The maximum atomic E-state index is 11.6. The first-order valence-electron chi connectivity index (χ1n) is 6.30. The van der Waals surface area contributed by atoms with E-state index in [2.05, 4.69) is 15.6 Å². The summed E-state index contributed by atoms with van der Waals surface area (Å²) in [4.78, 5) is 15.7. The van der Waals surface area contributed by atoms with Crippen LogP contribution >= 0.6 is 0 Å². The Hall–Kier alpha value is -2.36. The number of hydrogen-bond acceptors (Lipinski definition) is 2. The number of nitrogens with zero attached hydrogens (tertiary/aromatic N) is 1. The Morgan fingerprint density at radius 2 is 1.74 bits per heavy atom. The van der Waals surface area contributed by atoms with Crippen LogP contribution in [0.15, 0.2) is 48.7 Å². The van der Waals surface area contributed by atoms with Crippen molar-refractivity contribution in [1.82, 2.24) is 4.98 Å². The van der Waals surface area contributed by atoms with Crippen LogP contribution in [0.2, 0.25) is 0 Å². The lowest BCUT2D eigenvalue weighted by molar-refractivity contribution is 0.262. The second kappa shape index (κ2) is 7.87. The van der Waals surface area contributed by atoms with Gasteiger partial charge < -0.3 is 5.32 Å². The SMILES string of the molecule is CC.Cc1ccnc(NC(=O)Nc2ccccc2)c1. The number of anilines is 2. The summed E-state index contributed by atoms with van der Waals surface area (Å²) in [6.07, 6.45) is 1.66. The Kier molecular flexibility index (Phi) is 6.09. The molecule has 0 saturated carbocycles. The van der Waals surface area contributed by atoms with Crippen LogP contribution in [-0.2, 0) is 0 Å². The number of carbonyl (C=O) groups is 1. The number of amides is 2. The number of urea groups is 1. The molecule has 2 N–H and O–H groups in total. The van der Waals surface area contributed by atoms with Crippen molar-refractivity contribution >= 4 is 17.5 Å². The number of para-hydroxylation sites is 1. The minimum absolute atomic E-state index is 0.297. The lowest BCUT2D eigenvalue weighted by Crippen LogP contribution is -2.19. The molecule has 0 atom stereocenters. The van der Waals surface area contributed by atoms with Gasteiger partial charge in [-0.15, -0.1) is 0 Å². The number of carbonyl (C=O) groups excluding carboxylic acids is 1. The van der Waals surface area contributed by atoms with E-state index in [1.165, 1.54) is 0 Å². The van der Waals surface area contributed by atoms with Crippen molar-refractivity contribution in [2.75, 3.05) is 10.6 Å². The van der Waals surface area contributed by atoms with E-state index in [1.807, 2.05) is 63.2 Å². The first-order valence-corrected chi connectivity index (χ1v) is 6.30. The first-order chi connectivity index (χ1) is 9.24. The summed E-state index contributed by atoms with van der Waals surface area (Å²) >= 11 is 0. The molecule has 4 heteroatoms. The molecule has 0 unspecified atom stereocenters. The topological polar surface area (TPSA) is 54.0 Å². The Morgan fingerprint density at radius 3 is 2.37 bits per heavy atom. The Labute approximate surface area is 113 Å². The van der Waals surface area contributed by atoms with E-state index >= 15 is 0 Å². The number of benzene rings is 1. The molecule has 0 aliphatic heterocycles. The zero-order chi connectivity index (χ0) is 14.1. The van der Waals surface area contributed by atoms with Gasteiger partial charge in [-0.1, -0.05) is 32.0 Å². The highest BCUT2D eigenvalue weighted by Crippen LogP contribution is 2.08. The second-order valence-corrected chi connectivity index (χ2v) is 3.66. The van der Waals surface area contributed by atoms with Crippen LogP contribution < -0.4 is 10.6 Å². The van der Waals surface area contributed by atoms with E-state index in [-0.39, 0.29) is 6.03 Å². The molecule has 0 aliphatic carbocycles. The van der Waals surface area contributed by atoms with Gasteiger partial charge in [-0.3, -0.25) is 5.32 Å². The van der Waals surface area contributed by atoms with Crippen LogP contribution in [0.25, 0.3) is 0 Å². The normalized spacial score (nSPS) is 9.00. The van der Waals surface area contributed by atoms with E-state index in [4.69, 9.17) is 0 Å². The zero-order valence-corrected chi connectivity index (χ0v) is 11.5. The number of aromatic nitrogens is 1.